The fourth-order valence-corrected chi connectivity index (χ4v) is 3.75. The van der Waals surface area contributed by atoms with Crippen molar-refractivity contribution in [3.8, 4) is 0 Å². The minimum atomic E-state index is 0.0693. The van der Waals surface area contributed by atoms with Gasteiger partial charge in [0.15, 0.2) is 0 Å². The van der Waals surface area contributed by atoms with Gasteiger partial charge >= 0.3 is 0 Å². The number of benzene rings is 1. The maximum Gasteiger partial charge on any atom is 0.122 e. The molecule has 2 fully saturated rings. The fraction of sp³-hybridized carbons (Fsp3) is 0.562. The van der Waals surface area contributed by atoms with Gasteiger partial charge in [0.25, 0.3) is 0 Å². The molecule has 4 nitrogen and oxygen atoms in total. The van der Waals surface area contributed by atoms with Crippen molar-refractivity contribution in [3.05, 3.63) is 34.3 Å². The van der Waals surface area contributed by atoms with E-state index >= 15 is 0 Å². The highest BCUT2D eigenvalue weighted by Gasteiger charge is 2.28. The predicted molar refractivity (Wildman–Crippen MR) is 87.0 cm³/mol. The van der Waals surface area contributed by atoms with Crippen molar-refractivity contribution in [3.63, 3.8) is 0 Å². The van der Waals surface area contributed by atoms with Crippen LogP contribution in [0, 0.1) is 5.41 Å². The summed E-state index contributed by atoms with van der Waals surface area (Å²) in [7, 11) is 0. The molecule has 2 aliphatic heterocycles. The third-order valence-electron chi connectivity index (χ3n) is 4.65. The molecule has 1 atom stereocenters. The van der Waals surface area contributed by atoms with E-state index in [0.29, 0.717) is 5.56 Å². The van der Waals surface area contributed by atoms with Crippen molar-refractivity contribution in [2.45, 2.75) is 31.8 Å². The predicted octanol–water partition coefficient (Wildman–Crippen LogP) is 2.29. The maximum atomic E-state index is 7.47. The smallest absolute Gasteiger partial charge is 0.122 e. The molecule has 0 radical (unpaired) electrons. The van der Waals surface area contributed by atoms with Crippen LogP contribution in [0.3, 0.4) is 0 Å². The zero-order valence-electron chi connectivity index (χ0n) is 12.3. The molecule has 1 aromatic carbocycles. The highest BCUT2D eigenvalue weighted by atomic mass is 35.5. The first-order chi connectivity index (χ1) is 10.1. The van der Waals surface area contributed by atoms with Crippen LogP contribution in [0.15, 0.2) is 18.2 Å². The second kappa shape index (κ2) is 6.34. The summed E-state index contributed by atoms with van der Waals surface area (Å²) in [6.45, 7) is 5.68. The Bertz CT molecular complexity index is 531. The molecule has 0 bridgehead atoms. The third kappa shape index (κ3) is 3.39. The molecule has 0 saturated carbocycles. The summed E-state index contributed by atoms with van der Waals surface area (Å²) in [5.41, 5.74) is 7.33. The van der Waals surface area contributed by atoms with Gasteiger partial charge in [-0.3, -0.25) is 15.2 Å². The Balaban J connectivity index is 1.69. The lowest BCUT2D eigenvalue weighted by Gasteiger charge is -2.26. The first-order valence-electron chi connectivity index (χ1n) is 7.73. The van der Waals surface area contributed by atoms with Gasteiger partial charge < -0.3 is 5.73 Å². The lowest BCUT2D eigenvalue weighted by atomic mass is 10.1. The van der Waals surface area contributed by atoms with E-state index < -0.39 is 0 Å². The summed E-state index contributed by atoms with van der Waals surface area (Å²) in [5.74, 6) is 0.0693. The van der Waals surface area contributed by atoms with E-state index in [1.54, 1.807) is 6.07 Å². The molecule has 1 unspecified atom stereocenters. The first kappa shape index (κ1) is 14.8. The number of nitrogens with two attached hydrogens (primary N) is 1. The van der Waals surface area contributed by atoms with E-state index in [-0.39, 0.29) is 5.84 Å². The van der Waals surface area contributed by atoms with Crippen LogP contribution in [0.5, 0.6) is 0 Å². The van der Waals surface area contributed by atoms with Gasteiger partial charge in [0.1, 0.15) is 5.84 Å². The molecule has 2 heterocycles. The largest absolute Gasteiger partial charge is 0.384 e. The number of hydrogen-bond acceptors (Lipinski definition) is 3. The van der Waals surface area contributed by atoms with Crippen molar-refractivity contribution in [1.82, 2.24) is 9.80 Å². The van der Waals surface area contributed by atoms with Gasteiger partial charge in [-0.25, -0.2) is 0 Å². The standard InChI is InChI=1S/C16H23ClN4/c17-15-9-12(16(18)19)4-5-13(15)10-20-6-2-8-21-7-1-3-14(21)11-20/h4-5,9,14H,1-3,6-8,10-11H2,(H3,18,19). The molecular formula is C16H23ClN4. The Morgan fingerprint density at radius 1 is 1.29 bits per heavy atom. The lowest BCUT2D eigenvalue weighted by Crippen LogP contribution is -2.36. The molecule has 0 aromatic heterocycles. The Labute approximate surface area is 131 Å². The van der Waals surface area contributed by atoms with E-state index in [2.05, 4.69) is 9.80 Å². The highest BCUT2D eigenvalue weighted by Crippen LogP contribution is 2.24. The molecule has 3 rings (SSSR count). The minimum Gasteiger partial charge on any atom is -0.384 e. The van der Waals surface area contributed by atoms with Crippen LogP contribution >= 0.6 is 11.6 Å². The van der Waals surface area contributed by atoms with E-state index in [4.69, 9.17) is 22.7 Å². The van der Waals surface area contributed by atoms with Crippen molar-refractivity contribution in [1.29, 1.82) is 5.41 Å². The molecule has 0 aliphatic carbocycles. The SMILES string of the molecule is N=C(N)c1ccc(CN2CCCN3CCCC3C2)c(Cl)c1. The van der Waals surface area contributed by atoms with Crippen LogP contribution in [0.1, 0.15) is 30.4 Å². The number of halogens is 1. The third-order valence-corrected chi connectivity index (χ3v) is 5.00. The summed E-state index contributed by atoms with van der Waals surface area (Å²) in [4.78, 5) is 5.16. The van der Waals surface area contributed by atoms with Gasteiger partial charge in [-0.1, -0.05) is 23.7 Å². The summed E-state index contributed by atoms with van der Waals surface area (Å²) >= 11 is 6.36. The molecule has 5 heteroatoms. The van der Waals surface area contributed by atoms with Gasteiger partial charge in [0, 0.05) is 29.7 Å². The Kier molecular flexibility index (Phi) is 4.48. The van der Waals surface area contributed by atoms with Crippen LogP contribution < -0.4 is 5.73 Å². The number of amidine groups is 1. The average molecular weight is 307 g/mol. The van der Waals surface area contributed by atoms with E-state index in [1.807, 2.05) is 12.1 Å². The number of nitrogen functional groups attached to an aromatic ring is 1. The molecule has 21 heavy (non-hydrogen) atoms. The van der Waals surface area contributed by atoms with Crippen molar-refractivity contribution >= 4 is 17.4 Å². The van der Waals surface area contributed by atoms with Crippen molar-refractivity contribution in [2.75, 3.05) is 26.2 Å². The first-order valence-corrected chi connectivity index (χ1v) is 8.10. The van der Waals surface area contributed by atoms with Gasteiger partial charge in [-0.05, 0) is 50.5 Å². The molecule has 114 valence electrons. The van der Waals surface area contributed by atoms with Crippen LogP contribution in [0.25, 0.3) is 0 Å². The van der Waals surface area contributed by atoms with Gasteiger partial charge in [0.2, 0.25) is 0 Å². The molecule has 0 amide bonds. The average Bonchev–Trinajstić information content (AvgIpc) is 2.79. The molecule has 1 aromatic rings. The number of fused-ring (bicyclic) bond motifs is 1. The summed E-state index contributed by atoms with van der Waals surface area (Å²) in [6, 6.07) is 6.43. The van der Waals surface area contributed by atoms with Gasteiger partial charge in [-0.15, -0.1) is 0 Å². The molecule has 2 aliphatic rings. The van der Waals surface area contributed by atoms with Gasteiger partial charge in [-0.2, -0.15) is 0 Å². The topological polar surface area (TPSA) is 56.4 Å². The molecule has 0 spiro atoms. The van der Waals surface area contributed by atoms with Crippen LogP contribution in [0.4, 0.5) is 0 Å². The highest BCUT2D eigenvalue weighted by molar-refractivity contribution is 6.31. The second-order valence-corrected chi connectivity index (χ2v) is 6.55. The van der Waals surface area contributed by atoms with Crippen molar-refractivity contribution < 1.29 is 0 Å². The van der Waals surface area contributed by atoms with E-state index in [9.17, 15) is 0 Å². The monoisotopic (exact) mass is 306 g/mol. The summed E-state index contributed by atoms with van der Waals surface area (Å²) in [5, 5.41) is 8.19. The van der Waals surface area contributed by atoms with Crippen LogP contribution in [-0.4, -0.2) is 47.9 Å². The van der Waals surface area contributed by atoms with Crippen molar-refractivity contribution in [2.24, 2.45) is 5.73 Å². The number of nitrogens with one attached hydrogen (secondary N) is 1. The van der Waals surface area contributed by atoms with Crippen LogP contribution in [0.2, 0.25) is 5.02 Å². The molecule has 3 N–H and O–H groups in total. The van der Waals surface area contributed by atoms with Crippen LogP contribution in [-0.2, 0) is 6.54 Å². The van der Waals surface area contributed by atoms with E-state index in [0.717, 1.165) is 36.3 Å². The fourth-order valence-electron chi connectivity index (χ4n) is 3.51. The minimum absolute atomic E-state index is 0.0693. The maximum absolute atomic E-state index is 7.47. The molecule has 2 saturated heterocycles. The summed E-state index contributed by atoms with van der Waals surface area (Å²) in [6.07, 6.45) is 3.90. The van der Waals surface area contributed by atoms with Gasteiger partial charge in [0.05, 0.1) is 0 Å². The zero-order chi connectivity index (χ0) is 14.8. The lowest BCUT2D eigenvalue weighted by molar-refractivity contribution is 0.215. The number of hydrogen-bond donors (Lipinski definition) is 2. The van der Waals surface area contributed by atoms with E-state index in [1.165, 1.54) is 32.4 Å². The Morgan fingerprint density at radius 3 is 2.86 bits per heavy atom. The second-order valence-electron chi connectivity index (χ2n) is 6.14. The number of nitrogens with zero attached hydrogens (tertiary/aromatic N) is 2. The molecular weight excluding hydrogens is 284 g/mol. The number of rotatable bonds is 3. The normalized spacial score (nSPS) is 23.8. The Hall–Kier alpha value is -1.10. The zero-order valence-corrected chi connectivity index (χ0v) is 13.1. The summed E-state index contributed by atoms with van der Waals surface area (Å²) < 4.78 is 0. The Morgan fingerprint density at radius 2 is 2.10 bits per heavy atom. The quantitative estimate of drug-likeness (QED) is 0.665.